The van der Waals surface area contributed by atoms with Crippen LogP contribution in [0.5, 0.6) is 0 Å². The van der Waals surface area contributed by atoms with Gasteiger partial charge in [0.15, 0.2) is 0 Å². The highest BCUT2D eigenvalue weighted by atomic mass is 16.3. The zero-order chi connectivity index (χ0) is 18.0. The van der Waals surface area contributed by atoms with E-state index in [0.29, 0.717) is 19.5 Å². The molecule has 132 valence electrons. The van der Waals surface area contributed by atoms with Gasteiger partial charge in [-0.25, -0.2) is 0 Å². The molecule has 1 N–H and O–H groups in total. The van der Waals surface area contributed by atoms with Crippen molar-refractivity contribution >= 4 is 5.91 Å². The predicted octanol–water partition coefficient (Wildman–Crippen LogP) is 1.76. The van der Waals surface area contributed by atoms with Crippen LogP contribution in [-0.4, -0.2) is 39.7 Å². The zero-order valence-corrected chi connectivity index (χ0v) is 14.7. The quantitative estimate of drug-likeness (QED) is 0.926. The molecule has 0 spiro atoms. The summed E-state index contributed by atoms with van der Waals surface area (Å²) in [6, 6.07) is 13.4. The molecule has 1 aromatic carbocycles. The second kappa shape index (κ2) is 7.23. The molecule has 1 fully saturated rings. The van der Waals surface area contributed by atoms with E-state index in [1.807, 2.05) is 37.3 Å². The number of aryl methyl sites for hydroxylation is 1. The van der Waals surface area contributed by atoms with Gasteiger partial charge in [-0.1, -0.05) is 30.3 Å². The fourth-order valence-corrected chi connectivity index (χ4v) is 3.38. The molecular formula is C20H24N2O3. The van der Waals surface area contributed by atoms with Gasteiger partial charge in [0, 0.05) is 31.7 Å². The molecule has 2 atom stereocenters. The van der Waals surface area contributed by atoms with Crippen molar-refractivity contribution in [3.63, 3.8) is 0 Å². The summed E-state index contributed by atoms with van der Waals surface area (Å²) in [6.45, 7) is 2.77. The molecule has 2 heterocycles. The monoisotopic (exact) mass is 340 g/mol. The van der Waals surface area contributed by atoms with Crippen LogP contribution in [0.2, 0.25) is 0 Å². The molecular weight excluding hydrogens is 316 g/mol. The Balaban J connectivity index is 1.78. The third kappa shape index (κ3) is 3.66. The molecule has 1 amide bonds. The Bertz CT molecular complexity index is 813. The predicted molar refractivity (Wildman–Crippen MR) is 96.6 cm³/mol. The Morgan fingerprint density at radius 1 is 1.20 bits per heavy atom. The van der Waals surface area contributed by atoms with Crippen molar-refractivity contribution in [3.8, 4) is 0 Å². The van der Waals surface area contributed by atoms with Gasteiger partial charge < -0.3 is 14.6 Å². The van der Waals surface area contributed by atoms with Crippen LogP contribution in [0, 0.1) is 12.8 Å². The highest BCUT2D eigenvalue weighted by Gasteiger charge is 2.31. The lowest BCUT2D eigenvalue weighted by molar-refractivity contribution is 0.0240. The molecule has 3 rings (SSSR count). The van der Waals surface area contributed by atoms with Gasteiger partial charge in [0.1, 0.15) is 5.56 Å². The van der Waals surface area contributed by atoms with Crippen molar-refractivity contribution in [2.24, 2.45) is 13.0 Å². The summed E-state index contributed by atoms with van der Waals surface area (Å²) in [6.07, 6.45) is 0.831. The molecule has 1 aromatic heterocycles. The number of benzene rings is 1. The van der Waals surface area contributed by atoms with Crippen LogP contribution in [-0.2, 0) is 13.5 Å². The second-order valence-corrected chi connectivity index (χ2v) is 6.81. The highest BCUT2D eigenvalue weighted by Crippen LogP contribution is 2.22. The summed E-state index contributed by atoms with van der Waals surface area (Å²) >= 11 is 0. The largest absolute Gasteiger partial charge is 0.393 e. The third-order valence-electron chi connectivity index (χ3n) is 5.11. The number of pyridine rings is 1. The van der Waals surface area contributed by atoms with E-state index in [9.17, 15) is 14.7 Å². The molecule has 1 aliphatic rings. The number of aliphatic hydroxyl groups excluding tert-OH is 1. The van der Waals surface area contributed by atoms with Gasteiger partial charge in [0.2, 0.25) is 0 Å². The molecule has 0 unspecified atom stereocenters. The lowest BCUT2D eigenvalue weighted by Crippen LogP contribution is -2.48. The SMILES string of the molecule is Cc1ccc(C(=O)N2CC[C@@H](O)[C@H](Cc3ccccc3)C2)c(=O)n1C. The number of hydrogen-bond donors (Lipinski definition) is 1. The number of piperidine rings is 1. The number of likely N-dealkylation sites (tertiary alicyclic amines) is 1. The number of rotatable bonds is 3. The summed E-state index contributed by atoms with van der Waals surface area (Å²) in [5.41, 5.74) is 1.89. The van der Waals surface area contributed by atoms with Crippen molar-refractivity contribution < 1.29 is 9.90 Å². The number of nitrogens with zero attached hydrogens (tertiary/aromatic N) is 2. The summed E-state index contributed by atoms with van der Waals surface area (Å²) in [5.74, 6) is -0.264. The first-order chi connectivity index (χ1) is 12.0. The first-order valence-corrected chi connectivity index (χ1v) is 8.65. The summed E-state index contributed by atoms with van der Waals surface area (Å²) < 4.78 is 1.49. The normalized spacial score (nSPS) is 20.5. The molecule has 25 heavy (non-hydrogen) atoms. The van der Waals surface area contributed by atoms with E-state index in [1.165, 1.54) is 4.57 Å². The van der Waals surface area contributed by atoms with E-state index >= 15 is 0 Å². The maximum atomic E-state index is 12.8. The average molecular weight is 340 g/mol. The van der Waals surface area contributed by atoms with Crippen LogP contribution in [0.4, 0.5) is 0 Å². The van der Waals surface area contributed by atoms with Crippen LogP contribution in [0.15, 0.2) is 47.3 Å². The van der Waals surface area contributed by atoms with Gasteiger partial charge in [-0.05, 0) is 37.5 Å². The zero-order valence-electron chi connectivity index (χ0n) is 14.7. The molecule has 0 saturated carbocycles. The number of aliphatic hydroxyl groups is 1. The Hall–Kier alpha value is -2.40. The Morgan fingerprint density at radius 3 is 2.64 bits per heavy atom. The van der Waals surface area contributed by atoms with Crippen molar-refractivity contribution in [1.82, 2.24) is 9.47 Å². The van der Waals surface area contributed by atoms with E-state index in [0.717, 1.165) is 17.7 Å². The number of amides is 1. The first kappa shape index (κ1) is 17.4. The molecule has 0 aliphatic carbocycles. The minimum atomic E-state index is -0.426. The molecule has 0 bridgehead atoms. The molecule has 5 heteroatoms. The number of carbonyl (C=O) groups excluding carboxylic acids is 1. The number of aromatic nitrogens is 1. The Morgan fingerprint density at radius 2 is 1.92 bits per heavy atom. The van der Waals surface area contributed by atoms with Crippen LogP contribution in [0.25, 0.3) is 0 Å². The smallest absolute Gasteiger partial charge is 0.263 e. The maximum absolute atomic E-state index is 12.8. The topological polar surface area (TPSA) is 62.5 Å². The Kier molecular flexibility index (Phi) is 5.04. The molecule has 1 saturated heterocycles. The van der Waals surface area contributed by atoms with Gasteiger partial charge in [0.25, 0.3) is 11.5 Å². The average Bonchev–Trinajstić information content (AvgIpc) is 2.62. The standard InChI is InChI=1S/C20H24N2O3/c1-14-8-9-17(19(24)21(14)2)20(25)22-11-10-18(23)16(13-22)12-15-6-4-3-5-7-15/h3-9,16,18,23H,10-13H2,1-2H3/t16-,18-/m1/s1. The Labute approximate surface area is 147 Å². The van der Waals surface area contributed by atoms with Gasteiger partial charge in [-0.15, -0.1) is 0 Å². The van der Waals surface area contributed by atoms with Gasteiger partial charge >= 0.3 is 0 Å². The van der Waals surface area contributed by atoms with Crippen LogP contribution >= 0.6 is 0 Å². The minimum Gasteiger partial charge on any atom is -0.393 e. The van der Waals surface area contributed by atoms with Crippen molar-refractivity contribution in [2.45, 2.75) is 25.9 Å². The fourth-order valence-electron chi connectivity index (χ4n) is 3.38. The summed E-state index contributed by atoms with van der Waals surface area (Å²) in [5, 5.41) is 10.3. The third-order valence-corrected chi connectivity index (χ3v) is 5.11. The second-order valence-electron chi connectivity index (χ2n) is 6.81. The van der Waals surface area contributed by atoms with Crippen molar-refractivity contribution in [1.29, 1.82) is 0 Å². The van der Waals surface area contributed by atoms with Crippen LogP contribution in [0.3, 0.4) is 0 Å². The van der Waals surface area contributed by atoms with Gasteiger partial charge in [-0.2, -0.15) is 0 Å². The van der Waals surface area contributed by atoms with Crippen molar-refractivity contribution in [2.75, 3.05) is 13.1 Å². The summed E-state index contributed by atoms with van der Waals surface area (Å²) in [4.78, 5) is 26.9. The molecule has 2 aromatic rings. The lowest BCUT2D eigenvalue weighted by atomic mass is 9.88. The van der Waals surface area contributed by atoms with Crippen LogP contribution < -0.4 is 5.56 Å². The minimum absolute atomic E-state index is 0.0191. The van der Waals surface area contributed by atoms with E-state index in [1.54, 1.807) is 24.1 Å². The highest BCUT2D eigenvalue weighted by molar-refractivity contribution is 5.94. The molecule has 0 radical (unpaired) electrons. The molecule has 1 aliphatic heterocycles. The van der Waals surface area contributed by atoms with Crippen LogP contribution in [0.1, 0.15) is 28.0 Å². The van der Waals surface area contributed by atoms with Crippen molar-refractivity contribution in [3.05, 3.63) is 69.6 Å². The molecule has 5 nitrogen and oxygen atoms in total. The van der Waals surface area contributed by atoms with E-state index in [4.69, 9.17) is 0 Å². The van der Waals surface area contributed by atoms with E-state index in [-0.39, 0.29) is 22.9 Å². The fraction of sp³-hybridized carbons (Fsp3) is 0.400. The lowest BCUT2D eigenvalue weighted by Gasteiger charge is -2.36. The van der Waals surface area contributed by atoms with E-state index in [2.05, 4.69) is 0 Å². The summed E-state index contributed by atoms with van der Waals surface area (Å²) in [7, 11) is 1.67. The van der Waals surface area contributed by atoms with Gasteiger partial charge in [-0.3, -0.25) is 9.59 Å². The first-order valence-electron chi connectivity index (χ1n) is 8.65. The van der Waals surface area contributed by atoms with Gasteiger partial charge in [0.05, 0.1) is 6.10 Å². The number of carbonyl (C=O) groups is 1. The van der Waals surface area contributed by atoms with E-state index < -0.39 is 6.10 Å². The maximum Gasteiger partial charge on any atom is 0.263 e. The number of hydrogen-bond acceptors (Lipinski definition) is 3.